The van der Waals surface area contributed by atoms with E-state index in [0.717, 1.165) is 6.07 Å². The van der Waals surface area contributed by atoms with Gasteiger partial charge in [-0.05, 0) is 37.3 Å². The Morgan fingerprint density at radius 1 is 1.26 bits per heavy atom. The van der Waals surface area contributed by atoms with Gasteiger partial charge in [0.2, 0.25) is 15.8 Å². The van der Waals surface area contributed by atoms with Crippen molar-refractivity contribution < 1.29 is 27.9 Å². The third-order valence-electron chi connectivity index (χ3n) is 3.46. The molecular formula is C16H16Cl2N2O6S. The summed E-state index contributed by atoms with van der Waals surface area (Å²) in [7, 11) is -4.22. The molecule has 0 amide bonds. The number of nitrogens with one attached hydrogen (secondary N) is 2. The Balaban J connectivity index is 2.10. The number of halogens is 2. The van der Waals surface area contributed by atoms with Crippen LogP contribution in [0.4, 0.5) is 0 Å². The molecule has 3 N–H and O–H groups in total. The average Bonchev–Trinajstić information content (AvgIpc) is 3.14. The number of carbonyl (C=O) groups excluding carboxylic acids is 2. The van der Waals surface area contributed by atoms with Gasteiger partial charge >= 0.3 is 5.97 Å². The fraction of sp³-hybridized carbons (Fsp3) is 0.250. The minimum absolute atomic E-state index is 0.00672. The smallest absolute Gasteiger partial charge is 0.327 e. The predicted molar refractivity (Wildman–Crippen MR) is 98.3 cm³/mol. The number of aromatic amines is 1. The first kappa shape index (κ1) is 21.4. The summed E-state index contributed by atoms with van der Waals surface area (Å²) in [6.07, 6.45) is 0.106. The molecule has 0 aliphatic heterocycles. The number of hydrogen-bond acceptors (Lipinski definition) is 6. The van der Waals surface area contributed by atoms with Crippen molar-refractivity contribution in [2.75, 3.05) is 6.61 Å². The number of ketones is 1. The molecule has 11 heteroatoms. The van der Waals surface area contributed by atoms with Crippen LogP contribution in [-0.2, 0) is 19.6 Å². The Hall–Kier alpha value is -1.91. The molecule has 0 saturated heterocycles. The van der Waals surface area contributed by atoms with Crippen LogP contribution in [0.15, 0.2) is 41.4 Å². The van der Waals surface area contributed by atoms with E-state index in [2.05, 4.69) is 4.98 Å². The number of carbonyl (C=O) groups is 2. The number of esters is 1. The van der Waals surface area contributed by atoms with Gasteiger partial charge in [-0.15, -0.1) is 0 Å². The second kappa shape index (κ2) is 8.85. The number of H-pyrrole nitrogens is 1. The Bertz CT molecular complexity index is 928. The Morgan fingerprint density at radius 3 is 2.52 bits per heavy atom. The number of ether oxygens (including phenoxy) is 1. The summed E-state index contributed by atoms with van der Waals surface area (Å²) in [5.74, 6) is -1.61. The van der Waals surface area contributed by atoms with Crippen LogP contribution in [0.5, 0.6) is 0 Å². The van der Waals surface area contributed by atoms with Crippen molar-refractivity contribution >= 4 is 45.0 Å². The van der Waals surface area contributed by atoms with E-state index in [1.165, 1.54) is 31.3 Å². The minimum Gasteiger partial charge on any atom is -0.456 e. The van der Waals surface area contributed by atoms with Crippen molar-refractivity contribution in [3.63, 3.8) is 0 Å². The molecule has 0 aliphatic rings. The van der Waals surface area contributed by atoms with E-state index in [1.807, 2.05) is 4.72 Å². The molecule has 146 valence electrons. The molecule has 0 aliphatic carbocycles. The predicted octanol–water partition coefficient (Wildman–Crippen LogP) is 1.78. The van der Waals surface area contributed by atoms with Gasteiger partial charge in [0.25, 0.3) is 0 Å². The van der Waals surface area contributed by atoms with E-state index < -0.39 is 40.5 Å². The summed E-state index contributed by atoms with van der Waals surface area (Å²) in [5, 5.41) is 9.94. The fourth-order valence-electron chi connectivity index (χ4n) is 2.03. The number of sulfonamides is 1. The van der Waals surface area contributed by atoms with Gasteiger partial charge in [-0.25, -0.2) is 8.42 Å². The number of hydrogen-bond donors (Lipinski definition) is 3. The van der Waals surface area contributed by atoms with E-state index in [4.69, 9.17) is 27.9 Å². The largest absolute Gasteiger partial charge is 0.456 e. The summed E-state index contributed by atoms with van der Waals surface area (Å²) in [4.78, 5) is 26.4. The standard InChI is InChI=1S/C16H16Cl2N2O6S/c1-9(21)15(16(23)26-8-14(22)13-3-2-6-19-13)20-27(24,25)10-4-5-11(17)12(18)7-10/h2-7,9,15,19-21H,8H2,1H3/t9-,15+/m0/s1. The van der Waals surface area contributed by atoms with Crippen LogP contribution in [0, 0.1) is 0 Å². The molecule has 0 radical (unpaired) electrons. The number of aliphatic hydroxyl groups excluding tert-OH is 1. The zero-order valence-electron chi connectivity index (χ0n) is 14.0. The van der Waals surface area contributed by atoms with Gasteiger partial charge in [-0.1, -0.05) is 23.2 Å². The summed E-state index contributed by atoms with van der Waals surface area (Å²) in [6.45, 7) is 0.590. The third kappa shape index (κ3) is 5.53. The number of rotatable bonds is 8. The van der Waals surface area contributed by atoms with E-state index in [9.17, 15) is 23.1 Å². The van der Waals surface area contributed by atoms with Gasteiger partial charge in [0.05, 0.1) is 26.7 Å². The van der Waals surface area contributed by atoms with Crippen molar-refractivity contribution in [3.05, 3.63) is 52.3 Å². The molecule has 0 spiro atoms. The molecule has 0 unspecified atom stereocenters. The quantitative estimate of drug-likeness (QED) is 0.429. The molecule has 2 rings (SSSR count). The van der Waals surface area contributed by atoms with Gasteiger partial charge in [-0.2, -0.15) is 4.72 Å². The fourth-order valence-corrected chi connectivity index (χ4v) is 3.68. The van der Waals surface area contributed by atoms with Crippen LogP contribution in [0.25, 0.3) is 0 Å². The summed E-state index contributed by atoms with van der Waals surface area (Å²) < 4.78 is 31.7. The van der Waals surface area contributed by atoms with Crippen LogP contribution in [-0.4, -0.2) is 49.0 Å². The minimum atomic E-state index is -4.22. The van der Waals surface area contributed by atoms with Gasteiger partial charge in [0.15, 0.2) is 6.61 Å². The molecule has 0 saturated carbocycles. The number of aliphatic hydroxyl groups is 1. The highest BCUT2D eigenvalue weighted by Gasteiger charge is 2.31. The van der Waals surface area contributed by atoms with Crippen LogP contribution in [0.2, 0.25) is 10.0 Å². The second-order valence-electron chi connectivity index (χ2n) is 5.53. The first-order chi connectivity index (χ1) is 12.6. The van der Waals surface area contributed by atoms with Crippen molar-refractivity contribution in [2.45, 2.75) is 24.0 Å². The first-order valence-corrected chi connectivity index (χ1v) is 9.84. The third-order valence-corrected chi connectivity index (χ3v) is 5.64. The molecule has 1 aromatic carbocycles. The highest BCUT2D eigenvalue weighted by Crippen LogP contribution is 2.25. The zero-order valence-corrected chi connectivity index (χ0v) is 16.3. The van der Waals surface area contributed by atoms with Crippen molar-refractivity contribution in [3.8, 4) is 0 Å². The molecule has 2 atom stereocenters. The topological polar surface area (TPSA) is 126 Å². The van der Waals surface area contributed by atoms with E-state index >= 15 is 0 Å². The molecule has 0 bridgehead atoms. The van der Waals surface area contributed by atoms with Crippen LogP contribution in [0.1, 0.15) is 17.4 Å². The molecule has 8 nitrogen and oxygen atoms in total. The van der Waals surface area contributed by atoms with Gasteiger partial charge in [0.1, 0.15) is 6.04 Å². The average molecular weight is 435 g/mol. The lowest BCUT2D eigenvalue weighted by Gasteiger charge is -2.20. The highest BCUT2D eigenvalue weighted by molar-refractivity contribution is 7.89. The maximum absolute atomic E-state index is 12.4. The lowest BCUT2D eigenvalue weighted by atomic mass is 10.2. The Morgan fingerprint density at radius 2 is 1.96 bits per heavy atom. The number of aromatic nitrogens is 1. The normalized spacial score (nSPS) is 13.8. The lowest BCUT2D eigenvalue weighted by molar-refractivity contribution is -0.147. The zero-order chi connectivity index (χ0) is 20.2. The van der Waals surface area contributed by atoms with Crippen molar-refractivity contribution in [2.24, 2.45) is 0 Å². The van der Waals surface area contributed by atoms with Gasteiger partial charge in [-0.3, -0.25) is 9.59 Å². The van der Waals surface area contributed by atoms with E-state index in [0.29, 0.717) is 0 Å². The SMILES string of the molecule is C[C@H](O)[C@@H](NS(=O)(=O)c1ccc(Cl)c(Cl)c1)C(=O)OCC(=O)c1ccc[nH]1. The Kier molecular flexibility index (Phi) is 7.01. The maximum atomic E-state index is 12.4. The molecule has 27 heavy (non-hydrogen) atoms. The molecular weight excluding hydrogens is 419 g/mol. The first-order valence-electron chi connectivity index (χ1n) is 7.60. The summed E-state index contributed by atoms with van der Waals surface area (Å²) in [5.41, 5.74) is 0.229. The van der Waals surface area contributed by atoms with E-state index in [-0.39, 0.29) is 20.6 Å². The van der Waals surface area contributed by atoms with Crippen molar-refractivity contribution in [1.29, 1.82) is 0 Å². The molecule has 0 fully saturated rings. The lowest BCUT2D eigenvalue weighted by Crippen LogP contribution is -2.48. The van der Waals surface area contributed by atoms with Gasteiger partial charge in [0, 0.05) is 6.20 Å². The maximum Gasteiger partial charge on any atom is 0.327 e. The Labute approximate surface area is 165 Å². The number of benzene rings is 1. The molecule has 1 aromatic heterocycles. The van der Waals surface area contributed by atoms with Crippen LogP contribution in [0.3, 0.4) is 0 Å². The van der Waals surface area contributed by atoms with Crippen LogP contribution < -0.4 is 4.72 Å². The monoisotopic (exact) mass is 434 g/mol. The molecule has 2 aromatic rings. The van der Waals surface area contributed by atoms with Crippen LogP contribution >= 0.6 is 23.2 Å². The van der Waals surface area contributed by atoms with Gasteiger partial charge < -0.3 is 14.8 Å². The van der Waals surface area contributed by atoms with Crippen molar-refractivity contribution in [1.82, 2.24) is 9.71 Å². The second-order valence-corrected chi connectivity index (χ2v) is 8.06. The summed E-state index contributed by atoms with van der Waals surface area (Å²) >= 11 is 11.6. The van der Waals surface area contributed by atoms with E-state index in [1.54, 1.807) is 6.07 Å². The molecule has 1 heterocycles. The number of Topliss-reactive ketones (excluding diaryl/α,β-unsaturated/α-hetero) is 1. The summed E-state index contributed by atoms with van der Waals surface area (Å²) in [6, 6.07) is 5.04. The highest BCUT2D eigenvalue weighted by atomic mass is 35.5.